The van der Waals surface area contributed by atoms with Crippen LogP contribution in [-0.2, 0) is 0 Å². The minimum absolute atomic E-state index is 0.358. The summed E-state index contributed by atoms with van der Waals surface area (Å²) in [5.74, 6) is -2.68. The van der Waals surface area contributed by atoms with Gasteiger partial charge in [0, 0.05) is 12.5 Å². The number of hydrogen-bond acceptors (Lipinski definition) is 1. The first kappa shape index (κ1) is 6.86. The van der Waals surface area contributed by atoms with Gasteiger partial charge in [0.05, 0.1) is 6.54 Å². The Labute approximate surface area is 51.2 Å². The van der Waals surface area contributed by atoms with Crippen molar-refractivity contribution in [3.63, 3.8) is 0 Å². The van der Waals surface area contributed by atoms with E-state index in [1.165, 1.54) is 0 Å². The summed E-state index contributed by atoms with van der Waals surface area (Å²) < 4.78 is 36.0. The summed E-state index contributed by atoms with van der Waals surface area (Å²) in [6.45, 7) is -1.07. The molecule has 1 heterocycles. The number of alkyl halides is 3. The van der Waals surface area contributed by atoms with E-state index < -0.39 is 18.6 Å². The Morgan fingerprint density at radius 2 is 2.22 bits per heavy atom. The van der Waals surface area contributed by atoms with Crippen molar-refractivity contribution in [1.82, 2.24) is 5.32 Å². The molecule has 4 heteroatoms. The molecule has 1 saturated heterocycles. The predicted molar refractivity (Wildman–Crippen MR) is 27.3 cm³/mol. The van der Waals surface area contributed by atoms with Gasteiger partial charge in [0.25, 0.3) is 5.92 Å². The van der Waals surface area contributed by atoms with E-state index in [1.54, 1.807) is 0 Å². The van der Waals surface area contributed by atoms with Gasteiger partial charge in [-0.05, 0) is 0 Å². The van der Waals surface area contributed by atoms with Gasteiger partial charge in [-0.3, -0.25) is 0 Å². The van der Waals surface area contributed by atoms with Crippen LogP contribution in [0.4, 0.5) is 13.2 Å². The third-order valence-corrected chi connectivity index (χ3v) is 1.38. The van der Waals surface area contributed by atoms with Crippen LogP contribution in [0.1, 0.15) is 6.42 Å². The summed E-state index contributed by atoms with van der Waals surface area (Å²) in [7, 11) is 0. The molecule has 0 aromatic heterocycles. The highest BCUT2D eigenvalue weighted by Gasteiger charge is 2.38. The molecule has 1 fully saturated rings. The minimum atomic E-state index is -2.68. The van der Waals surface area contributed by atoms with Gasteiger partial charge >= 0.3 is 0 Å². The first-order valence-corrected chi connectivity index (χ1v) is 2.81. The van der Waals surface area contributed by atoms with Gasteiger partial charge in [-0.25, -0.2) is 13.2 Å². The van der Waals surface area contributed by atoms with E-state index in [1.807, 2.05) is 0 Å². The molecule has 1 N–H and O–H groups in total. The number of rotatable bonds is 1. The van der Waals surface area contributed by atoms with Crippen molar-refractivity contribution in [3.8, 4) is 0 Å². The summed E-state index contributed by atoms with van der Waals surface area (Å²) in [6, 6.07) is -0.625. The maximum atomic E-state index is 12.2. The monoisotopic (exact) mass is 139 g/mol. The largest absolute Gasteiger partial charge is 0.306 e. The maximum Gasteiger partial charge on any atom is 0.261 e. The fraction of sp³-hybridized carbons (Fsp3) is 1.00. The molecule has 0 spiro atoms. The zero-order valence-corrected chi connectivity index (χ0v) is 4.83. The van der Waals surface area contributed by atoms with E-state index in [0.717, 1.165) is 0 Å². The second-order valence-electron chi connectivity index (χ2n) is 2.29. The Morgan fingerprint density at radius 1 is 1.56 bits per heavy atom. The second-order valence-corrected chi connectivity index (χ2v) is 2.29. The van der Waals surface area contributed by atoms with Crippen molar-refractivity contribution in [1.29, 1.82) is 0 Å². The smallest absolute Gasteiger partial charge is 0.261 e. The standard InChI is InChI=1S/C5H8F3N/c6-2-4-1-5(7,8)3-9-4/h4,9H,1-3H2. The highest BCUT2D eigenvalue weighted by molar-refractivity contribution is 4.86. The average molecular weight is 139 g/mol. The molecule has 1 aliphatic heterocycles. The van der Waals surface area contributed by atoms with Crippen LogP contribution >= 0.6 is 0 Å². The lowest BCUT2D eigenvalue weighted by atomic mass is 10.2. The number of halogens is 3. The SMILES string of the molecule is FCC1CC(F)(F)CN1. The zero-order valence-electron chi connectivity index (χ0n) is 4.83. The van der Waals surface area contributed by atoms with Crippen LogP contribution in [0.5, 0.6) is 0 Å². The Hall–Kier alpha value is -0.250. The van der Waals surface area contributed by atoms with Gasteiger partial charge in [0.15, 0.2) is 0 Å². The van der Waals surface area contributed by atoms with E-state index in [2.05, 4.69) is 5.32 Å². The molecule has 0 radical (unpaired) electrons. The van der Waals surface area contributed by atoms with Crippen LogP contribution in [0.3, 0.4) is 0 Å². The Bertz CT molecular complexity index is 104. The molecule has 9 heavy (non-hydrogen) atoms. The molecule has 1 rings (SSSR count). The lowest BCUT2D eigenvalue weighted by Crippen LogP contribution is -2.23. The fourth-order valence-electron chi connectivity index (χ4n) is 0.908. The van der Waals surface area contributed by atoms with E-state index >= 15 is 0 Å². The molecular weight excluding hydrogens is 131 g/mol. The summed E-state index contributed by atoms with van der Waals surface area (Å²) in [5, 5.41) is 2.37. The lowest BCUT2D eigenvalue weighted by Gasteiger charge is -2.04. The normalized spacial score (nSPS) is 33.0. The average Bonchev–Trinajstić information content (AvgIpc) is 2.10. The fourth-order valence-corrected chi connectivity index (χ4v) is 0.908. The van der Waals surface area contributed by atoms with Crippen molar-refractivity contribution in [2.45, 2.75) is 18.4 Å². The molecule has 1 aliphatic rings. The Balaban J connectivity index is 2.38. The first-order chi connectivity index (χ1) is 4.14. The van der Waals surface area contributed by atoms with Gasteiger partial charge < -0.3 is 5.32 Å². The highest BCUT2D eigenvalue weighted by Crippen LogP contribution is 2.24. The highest BCUT2D eigenvalue weighted by atomic mass is 19.3. The van der Waals surface area contributed by atoms with Crippen molar-refractivity contribution in [2.24, 2.45) is 0 Å². The molecule has 0 bridgehead atoms. The predicted octanol–water partition coefficient (Wildman–Crippen LogP) is 0.953. The van der Waals surface area contributed by atoms with Gasteiger partial charge in [-0.15, -0.1) is 0 Å². The van der Waals surface area contributed by atoms with E-state index in [0.29, 0.717) is 0 Å². The summed E-state index contributed by atoms with van der Waals surface area (Å²) in [4.78, 5) is 0. The summed E-state index contributed by atoms with van der Waals surface area (Å²) in [5.41, 5.74) is 0. The molecule has 1 atom stereocenters. The van der Waals surface area contributed by atoms with Gasteiger partial charge in [0.2, 0.25) is 0 Å². The lowest BCUT2D eigenvalue weighted by molar-refractivity contribution is 0.0204. The summed E-state index contributed by atoms with van der Waals surface area (Å²) in [6.07, 6.45) is -0.358. The van der Waals surface area contributed by atoms with Crippen LogP contribution in [0.15, 0.2) is 0 Å². The van der Waals surface area contributed by atoms with Crippen molar-refractivity contribution < 1.29 is 13.2 Å². The third kappa shape index (κ3) is 1.58. The maximum absolute atomic E-state index is 12.2. The minimum Gasteiger partial charge on any atom is -0.306 e. The van der Waals surface area contributed by atoms with Gasteiger partial charge in [0.1, 0.15) is 6.67 Å². The molecule has 0 aromatic rings. The quantitative estimate of drug-likeness (QED) is 0.570. The van der Waals surface area contributed by atoms with Crippen molar-refractivity contribution in [3.05, 3.63) is 0 Å². The van der Waals surface area contributed by atoms with Gasteiger partial charge in [-0.2, -0.15) is 0 Å². The van der Waals surface area contributed by atoms with Crippen molar-refractivity contribution >= 4 is 0 Å². The molecule has 54 valence electrons. The summed E-state index contributed by atoms with van der Waals surface area (Å²) >= 11 is 0. The molecule has 0 aliphatic carbocycles. The molecule has 1 unspecified atom stereocenters. The Morgan fingerprint density at radius 3 is 2.44 bits per heavy atom. The first-order valence-electron chi connectivity index (χ1n) is 2.81. The molecule has 0 amide bonds. The van der Waals surface area contributed by atoms with E-state index in [4.69, 9.17) is 0 Å². The molecule has 0 aromatic carbocycles. The van der Waals surface area contributed by atoms with Crippen molar-refractivity contribution in [2.75, 3.05) is 13.2 Å². The van der Waals surface area contributed by atoms with E-state index in [-0.39, 0.29) is 13.0 Å². The van der Waals surface area contributed by atoms with Crippen LogP contribution in [0.2, 0.25) is 0 Å². The molecule has 1 nitrogen and oxygen atoms in total. The number of nitrogens with one attached hydrogen (secondary N) is 1. The van der Waals surface area contributed by atoms with Crippen LogP contribution in [-0.4, -0.2) is 25.2 Å². The molecule has 0 saturated carbocycles. The van der Waals surface area contributed by atoms with Crippen LogP contribution in [0.25, 0.3) is 0 Å². The van der Waals surface area contributed by atoms with Crippen LogP contribution < -0.4 is 5.32 Å². The number of hydrogen-bond donors (Lipinski definition) is 1. The zero-order chi connectivity index (χ0) is 6.91. The van der Waals surface area contributed by atoms with Gasteiger partial charge in [-0.1, -0.05) is 0 Å². The molecular formula is C5H8F3N. The van der Waals surface area contributed by atoms with E-state index in [9.17, 15) is 13.2 Å². The Kier molecular flexibility index (Phi) is 1.66. The topological polar surface area (TPSA) is 12.0 Å². The second kappa shape index (κ2) is 2.17. The third-order valence-electron chi connectivity index (χ3n) is 1.38. The van der Waals surface area contributed by atoms with Crippen LogP contribution in [0, 0.1) is 0 Å².